The van der Waals surface area contributed by atoms with Crippen molar-refractivity contribution in [1.29, 1.82) is 0 Å². The highest BCUT2D eigenvalue weighted by atomic mass is 32.1. The molecule has 1 fully saturated rings. The third kappa shape index (κ3) is 4.57. The van der Waals surface area contributed by atoms with Crippen LogP contribution < -0.4 is 10.5 Å². The second kappa shape index (κ2) is 8.33. The van der Waals surface area contributed by atoms with E-state index in [1.54, 1.807) is 6.07 Å². The summed E-state index contributed by atoms with van der Waals surface area (Å²) in [5.74, 6) is 0.209. The van der Waals surface area contributed by atoms with Gasteiger partial charge in [-0.05, 0) is 61.0 Å². The van der Waals surface area contributed by atoms with Crippen LogP contribution in [-0.2, 0) is 6.18 Å². The zero-order chi connectivity index (χ0) is 20.4. The molecule has 0 amide bonds. The Balaban J connectivity index is 1.64. The molecule has 0 radical (unpaired) electrons. The average molecular weight is 440 g/mol. The summed E-state index contributed by atoms with van der Waals surface area (Å²) in [5.41, 5.74) is 6.15. The van der Waals surface area contributed by atoms with Crippen LogP contribution in [0.1, 0.15) is 18.4 Å². The van der Waals surface area contributed by atoms with Crippen molar-refractivity contribution in [3.8, 4) is 27.4 Å². The summed E-state index contributed by atoms with van der Waals surface area (Å²) < 4.78 is 47.2. The Morgan fingerprint density at radius 3 is 2.66 bits per heavy atom. The molecule has 29 heavy (non-hydrogen) atoms. The lowest BCUT2D eigenvalue weighted by Gasteiger charge is -2.17. The Bertz CT molecular complexity index is 964. The number of aromatic nitrogens is 1. The number of thiazole rings is 1. The van der Waals surface area contributed by atoms with Gasteiger partial charge in [-0.3, -0.25) is 4.90 Å². The number of alkyl halides is 3. The van der Waals surface area contributed by atoms with Crippen LogP contribution in [0.3, 0.4) is 0 Å². The molecule has 1 aliphatic heterocycles. The number of hydrogen-bond donors (Lipinski definition) is 1. The molecule has 9 heteroatoms. The van der Waals surface area contributed by atoms with E-state index < -0.39 is 11.7 Å². The number of nitrogen functional groups attached to an aromatic ring is 1. The Labute approximate surface area is 174 Å². The minimum absolute atomic E-state index is 0.0125. The number of halogens is 3. The first kappa shape index (κ1) is 20.2. The van der Waals surface area contributed by atoms with Crippen LogP contribution >= 0.6 is 22.7 Å². The Morgan fingerprint density at radius 2 is 1.97 bits per heavy atom. The number of nitrogens with two attached hydrogens (primary N) is 1. The van der Waals surface area contributed by atoms with Gasteiger partial charge in [0.05, 0.1) is 16.1 Å². The summed E-state index contributed by atoms with van der Waals surface area (Å²) in [6.07, 6.45) is -2.21. The van der Waals surface area contributed by atoms with Crippen LogP contribution in [0, 0.1) is 0 Å². The first-order valence-electron chi connectivity index (χ1n) is 9.27. The number of nitrogens with zero attached hydrogens (tertiary/aromatic N) is 2. The summed E-state index contributed by atoms with van der Waals surface area (Å²) in [4.78, 5) is 7.10. The minimum Gasteiger partial charge on any atom is -0.492 e. The molecule has 4 rings (SSSR count). The van der Waals surface area contributed by atoms with Crippen molar-refractivity contribution >= 4 is 27.8 Å². The van der Waals surface area contributed by atoms with Gasteiger partial charge < -0.3 is 10.5 Å². The highest BCUT2D eigenvalue weighted by Gasteiger charge is 2.35. The molecule has 1 saturated heterocycles. The van der Waals surface area contributed by atoms with Gasteiger partial charge in [0, 0.05) is 17.7 Å². The zero-order valence-corrected chi connectivity index (χ0v) is 17.2. The standard InChI is InChI=1S/C20H20F3N3OS2/c21-20(22,23)16-11-14(27-9-8-26-6-1-2-7-26)3-4-15(16)17-18(29-19(24)25-17)13-5-10-28-12-13/h3-5,10-12H,1-2,6-9H2,(H2,24,25). The maximum atomic E-state index is 13.8. The molecule has 0 spiro atoms. The molecule has 0 bridgehead atoms. The molecule has 0 atom stereocenters. The molecule has 2 aromatic heterocycles. The lowest BCUT2D eigenvalue weighted by Crippen LogP contribution is -2.25. The third-order valence-corrected chi connectivity index (χ3v) is 6.47. The number of benzene rings is 1. The minimum atomic E-state index is -4.53. The van der Waals surface area contributed by atoms with E-state index in [-0.39, 0.29) is 22.1 Å². The topological polar surface area (TPSA) is 51.4 Å². The first-order chi connectivity index (χ1) is 13.9. The molecule has 1 aliphatic rings. The van der Waals surface area contributed by atoms with Crippen molar-refractivity contribution < 1.29 is 17.9 Å². The predicted molar refractivity (Wildman–Crippen MR) is 111 cm³/mol. The second-order valence-electron chi connectivity index (χ2n) is 6.84. The van der Waals surface area contributed by atoms with Gasteiger partial charge in [-0.25, -0.2) is 4.98 Å². The van der Waals surface area contributed by atoms with E-state index in [2.05, 4.69) is 9.88 Å². The third-order valence-electron chi connectivity index (χ3n) is 4.85. The van der Waals surface area contributed by atoms with Gasteiger partial charge in [0.1, 0.15) is 12.4 Å². The van der Waals surface area contributed by atoms with Crippen LogP contribution in [0.25, 0.3) is 21.7 Å². The van der Waals surface area contributed by atoms with E-state index in [0.29, 0.717) is 18.0 Å². The summed E-state index contributed by atoms with van der Waals surface area (Å²) in [6.45, 7) is 3.12. The van der Waals surface area contributed by atoms with Gasteiger partial charge >= 0.3 is 6.18 Å². The van der Waals surface area contributed by atoms with Gasteiger partial charge in [0.25, 0.3) is 0 Å². The zero-order valence-electron chi connectivity index (χ0n) is 15.5. The molecular formula is C20H20F3N3OS2. The van der Waals surface area contributed by atoms with E-state index in [1.165, 1.54) is 28.7 Å². The Hall–Kier alpha value is -2.10. The number of anilines is 1. The van der Waals surface area contributed by atoms with Crippen LogP contribution in [-0.4, -0.2) is 36.1 Å². The summed E-state index contributed by atoms with van der Waals surface area (Å²) in [6, 6.07) is 5.91. The maximum absolute atomic E-state index is 13.8. The highest BCUT2D eigenvalue weighted by Crippen LogP contribution is 2.44. The van der Waals surface area contributed by atoms with Crippen LogP contribution in [0.5, 0.6) is 5.75 Å². The van der Waals surface area contributed by atoms with Crippen molar-refractivity contribution in [2.24, 2.45) is 0 Å². The number of hydrogen-bond acceptors (Lipinski definition) is 6. The fourth-order valence-electron chi connectivity index (χ4n) is 3.46. The number of ether oxygens (including phenoxy) is 1. The molecule has 3 aromatic rings. The van der Waals surface area contributed by atoms with Gasteiger partial charge in [-0.2, -0.15) is 24.5 Å². The number of thiophene rings is 1. The quantitative estimate of drug-likeness (QED) is 0.542. The first-order valence-corrected chi connectivity index (χ1v) is 11.0. The van der Waals surface area contributed by atoms with Gasteiger partial charge in [-0.1, -0.05) is 11.3 Å². The van der Waals surface area contributed by atoms with E-state index >= 15 is 0 Å². The van der Waals surface area contributed by atoms with E-state index in [0.717, 1.165) is 37.6 Å². The SMILES string of the molecule is Nc1nc(-c2ccc(OCCN3CCCC3)cc2C(F)(F)F)c(-c2ccsc2)s1. The van der Waals surface area contributed by atoms with Crippen molar-refractivity contribution in [2.75, 3.05) is 32.0 Å². The molecule has 4 nitrogen and oxygen atoms in total. The van der Waals surface area contributed by atoms with Crippen molar-refractivity contribution in [2.45, 2.75) is 19.0 Å². The van der Waals surface area contributed by atoms with Crippen LogP contribution in [0.2, 0.25) is 0 Å². The van der Waals surface area contributed by atoms with E-state index in [4.69, 9.17) is 10.5 Å². The van der Waals surface area contributed by atoms with Crippen molar-refractivity contribution in [1.82, 2.24) is 9.88 Å². The average Bonchev–Trinajstić information content (AvgIpc) is 3.42. The summed E-state index contributed by atoms with van der Waals surface area (Å²) in [5, 5.41) is 3.98. The highest BCUT2D eigenvalue weighted by molar-refractivity contribution is 7.19. The maximum Gasteiger partial charge on any atom is 0.417 e. The molecule has 0 aliphatic carbocycles. The summed E-state index contributed by atoms with van der Waals surface area (Å²) in [7, 11) is 0. The fraction of sp³-hybridized carbons (Fsp3) is 0.350. The second-order valence-corrected chi connectivity index (χ2v) is 8.65. The fourth-order valence-corrected chi connectivity index (χ4v) is 5.03. The molecule has 0 unspecified atom stereocenters. The normalized spacial score (nSPS) is 15.1. The van der Waals surface area contributed by atoms with E-state index in [1.807, 2.05) is 16.8 Å². The van der Waals surface area contributed by atoms with Crippen molar-refractivity contribution in [3.05, 3.63) is 40.6 Å². The van der Waals surface area contributed by atoms with Gasteiger partial charge in [-0.15, -0.1) is 0 Å². The monoisotopic (exact) mass is 439 g/mol. The summed E-state index contributed by atoms with van der Waals surface area (Å²) >= 11 is 2.66. The van der Waals surface area contributed by atoms with E-state index in [9.17, 15) is 13.2 Å². The van der Waals surface area contributed by atoms with Crippen LogP contribution in [0.15, 0.2) is 35.0 Å². The molecule has 0 saturated carbocycles. The largest absolute Gasteiger partial charge is 0.492 e. The Morgan fingerprint density at radius 1 is 1.17 bits per heavy atom. The Kier molecular flexibility index (Phi) is 5.80. The smallest absolute Gasteiger partial charge is 0.417 e. The molecule has 1 aromatic carbocycles. The number of rotatable bonds is 6. The van der Waals surface area contributed by atoms with Crippen molar-refractivity contribution in [3.63, 3.8) is 0 Å². The molecular weight excluding hydrogens is 419 g/mol. The lowest BCUT2D eigenvalue weighted by molar-refractivity contribution is -0.137. The van der Waals surface area contributed by atoms with Gasteiger partial charge in [0.2, 0.25) is 0 Å². The number of likely N-dealkylation sites (tertiary alicyclic amines) is 1. The van der Waals surface area contributed by atoms with Crippen LogP contribution in [0.4, 0.5) is 18.3 Å². The molecule has 154 valence electrons. The van der Waals surface area contributed by atoms with Gasteiger partial charge in [0.15, 0.2) is 5.13 Å². The predicted octanol–water partition coefficient (Wildman–Crippen LogP) is 5.61. The molecule has 2 N–H and O–H groups in total. The lowest BCUT2D eigenvalue weighted by atomic mass is 10.0. The molecule has 3 heterocycles.